The molecule has 2 rings (SSSR count). The van der Waals surface area contributed by atoms with Crippen molar-refractivity contribution in [3.63, 3.8) is 0 Å². The molecule has 0 spiro atoms. The van der Waals surface area contributed by atoms with Crippen molar-refractivity contribution in [2.45, 2.75) is 58.4 Å². The number of hydrogen-bond donors (Lipinski definition) is 1. The molecule has 4 nitrogen and oxygen atoms in total. The summed E-state index contributed by atoms with van der Waals surface area (Å²) >= 11 is 0. The van der Waals surface area contributed by atoms with Crippen LogP contribution in [0.1, 0.15) is 50.6 Å². The number of carbonyl (C=O) groups is 1. The predicted octanol–water partition coefficient (Wildman–Crippen LogP) is 2.14. The first-order valence-electron chi connectivity index (χ1n) is 6.20. The number of rotatable bonds is 2. The molecule has 94 valence electrons. The summed E-state index contributed by atoms with van der Waals surface area (Å²) < 4.78 is 2.02. The van der Waals surface area contributed by atoms with E-state index in [4.69, 9.17) is 5.11 Å². The molecule has 0 aromatic carbocycles. The molecule has 1 aliphatic rings. The second-order valence-corrected chi connectivity index (χ2v) is 5.77. The summed E-state index contributed by atoms with van der Waals surface area (Å²) in [5.41, 5.74) is 3.12. The number of aryl methyl sites for hydroxylation is 1. The molecule has 0 bridgehead atoms. The Hall–Kier alpha value is -1.32. The molecule has 1 aliphatic heterocycles. The van der Waals surface area contributed by atoms with Gasteiger partial charge in [0.1, 0.15) is 0 Å². The van der Waals surface area contributed by atoms with E-state index >= 15 is 0 Å². The Bertz CT molecular complexity index is 441. The molecule has 1 aromatic rings. The SMILES string of the molecule is CC(C)(C)c1c(CC(=O)O)nn2c1CCCC2. The standard InChI is InChI=1S/C13H20N2O2/c1-13(2,3)12-9(8-11(16)17)14-15-7-5-4-6-10(12)15/h4-8H2,1-3H3,(H,16,17). The minimum absolute atomic E-state index is 0.0320. The van der Waals surface area contributed by atoms with E-state index in [-0.39, 0.29) is 11.8 Å². The summed E-state index contributed by atoms with van der Waals surface area (Å²) in [5.74, 6) is -0.800. The average molecular weight is 236 g/mol. The van der Waals surface area contributed by atoms with E-state index in [9.17, 15) is 4.79 Å². The van der Waals surface area contributed by atoms with E-state index in [0.29, 0.717) is 0 Å². The molecule has 0 unspecified atom stereocenters. The molecule has 0 radical (unpaired) electrons. The van der Waals surface area contributed by atoms with Crippen molar-refractivity contribution in [1.82, 2.24) is 9.78 Å². The zero-order chi connectivity index (χ0) is 12.6. The van der Waals surface area contributed by atoms with E-state index in [2.05, 4.69) is 25.9 Å². The summed E-state index contributed by atoms with van der Waals surface area (Å²) in [6.45, 7) is 7.32. The molecule has 4 heteroatoms. The van der Waals surface area contributed by atoms with Crippen LogP contribution in [0.25, 0.3) is 0 Å². The van der Waals surface area contributed by atoms with E-state index in [1.165, 1.54) is 12.1 Å². The third-order valence-electron chi connectivity index (χ3n) is 3.23. The van der Waals surface area contributed by atoms with Crippen molar-refractivity contribution in [3.05, 3.63) is 17.0 Å². The maximum atomic E-state index is 10.9. The Kier molecular flexibility index (Phi) is 2.98. The quantitative estimate of drug-likeness (QED) is 0.856. The van der Waals surface area contributed by atoms with Crippen LogP contribution in [-0.4, -0.2) is 20.9 Å². The first-order valence-corrected chi connectivity index (χ1v) is 6.20. The van der Waals surface area contributed by atoms with Crippen molar-refractivity contribution < 1.29 is 9.90 Å². The van der Waals surface area contributed by atoms with Crippen molar-refractivity contribution in [3.8, 4) is 0 Å². The Balaban J connectivity index is 2.50. The Morgan fingerprint density at radius 3 is 2.71 bits per heavy atom. The van der Waals surface area contributed by atoms with Gasteiger partial charge in [-0.15, -0.1) is 0 Å². The fourth-order valence-corrected chi connectivity index (χ4v) is 2.68. The van der Waals surface area contributed by atoms with Crippen LogP contribution in [0.2, 0.25) is 0 Å². The Morgan fingerprint density at radius 2 is 2.12 bits per heavy atom. The van der Waals surface area contributed by atoms with E-state index in [1.807, 2.05) is 4.68 Å². The van der Waals surface area contributed by atoms with Gasteiger partial charge in [0.15, 0.2) is 0 Å². The van der Waals surface area contributed by atoms with E-state index in [1.54, 1.807) is 0 Å². The second-order valence-electron chi connectivity index (χ2n) is 5.77. The van der Waals surface area contributed by atoms with Crippen molar-refractivity contribution in [2.75, 3.05) is 0 Å². The highest BCUT2D eigenvalue weighted by molar-refractivity contribution is 5.70. The number of carboxylic acid groups (broad SMARTS) is 1. The highest BCUT2D eigenvalue weighted by Crippen LogP contribution is 2.32. The third kappa shape index (κ3) is 2.35. The fraction of sp³-hybridized carbons (Fsp3) is 0.692. The van der Waals surface area contributed by atoms with Gasteiger partial charge in [-0.05, 0) is 24.7 Å². The molecule has 2 heterocycles. The van der Waals surface area contributed by atoms with Gasteiger partial charge in [0.2, 0.25) is 0 Å². The number of aromatic nitrogens is 2. The van der Waals surface area contributed by atoms with Crippen LogP contribution in [0.3, 0.4) is 0 Å². The highest BCUT2D eigenvalue weighted by atomic mass is 16.4. The average Bonchev–Trinajstić information content (AvgIpc) is 2.53. The maximum absolute atomic E-state index is 10.9. The third-order valence-corrected chi connectivity index (χ3v) is 3.23. The minimum atomic E-state index is -0.800. The largest absolute Gasteiger partial charge is 0.481 e. The van der Waals surface area contributed by atoms with Gasteiger partial charge >= 0.3 is 5.97 Å². The summed E-state index contributed by atoms with van der Waals surface area (Å²) in [6.07, 6.45) is 3.39. The van der Waals surface area contributed by atoms with Crippen LogP contribution in [0.4, 0.5) is 0 Å². The monoisotopic (exact) mass is 236 g/mol. The van der Waals surface area contributed by atoms with Gasteiger partial charge in [-0.2, -0.15) is 5.10 Å². The lowest BCUT2D eigenvalue weighted by Crippen LogP contribution is -2.19. The Labute approximate surface area is 102 Å². The van der Waals surface area contributed by atoms with Crippen LogP contribution in [0.5, 0.6) is 0 Å². The van der Waals surface area contributed by atoms with Gasteiger partial charge in [0, 0.05) is 17.8 Å². The number of fused-ring (bicyclic) bond motifs is 1. The lowest BCUT2D eigenvalue weighted by molar-refractivity contribution is -0.136. The Morgan fingerprint density at radius 1 is 1.41 bits per heavy atom. The highest BCUT2D eigenvalue weighted by Gasteiger charge is 2.29. The van der Waals surface area contributed by atoms with Gasteiger partial charge < -0.3 is 5.11 Å². The summed E-state index contributed by atoms with van der Waals surface area (Å²) in [7, 11) is 0. The zero-order valence-corrected chi connectivity index (χ0v) is 10.8. The molecule has 0 saturated carbocycles. The minimum Gasteiger partial charge on any atom is -0.481 e. The van der Waals surface area contributed by atoms with Crippen molar-refractivity contribution in [2.24, 2.45) is 0 Å². The van der Waals surface area contributed by atoms with Crippen molar-refractivity contribution >= 4 is 5.97 Å². The lowest BCUT2D eigenvalue weighted by atomic mass is 9.83. The first-order chi connectivity index (χ1) is 7.89. The first kappa shape index (κ1) is 12.1. The molecule has 0 atom stereocenters. The number of hydrogen-bond acceptors (Lipinski definition) is 2. The van der Waals surface area contributed by atoms with Gasteiger partial charge in [-0.1, -0.05) is 20.8 Å². The van der Waals surface area contributed by atoms with Crippen LogP contribution < -0.4 is 0 Å². The van der Waals surface area contributed by atoms with E-state index in [0.717, 1.165) is 30.6 Å². The number of carboxylic acids is 1. The topological polar surface area (TPSA) is 55.1 Å². The van der Waals surface area contributed by atoms with Gasteiger partial charge in [0.05, 0.1) is 12.1 Å². The van der Waals surface area contributed by atoms with Crippen LogP contribution in [0, 0.1) is 0 Å². The zero-order valence-electron chi connectivity index (χ0n) is 10.8. The second kappa shape index (κ2) is 4.17. The van der Waals surface area contributed by atoms with E-state index < -0.39 is 5.97 Å². The normalized spacial score (nSPS) is 15.7. The molecule has 17 heavy (non-hydrogen) atoms. The predicted molar refractivity (Wildman–Crippen MR) is 65.2 cm³/mol. The molecular formula is C13H20N2O2. The summed E-state index contributed by atoms with van der Waals surface area (Å²) in [4.78, 5) is 10.9. The molecule has 0 fully saturated rings. The smallest absolute Gasteiger partial charge is 0.309 e. The van der Waals surface area contributed by atoms with Crippen molar-refractivity contribution in [1.29, 1.82) is 0 Å². The van der Waals surface area contributed by atoms with Crippen LogP contribution in [0.15, 0.2) is 0 Å². The van der Waals surface area contributed by atoms with Gasteiger partial charge in [-0.3, -0.25) is 9.48 Å². The van der Waals surface area contributed by atoms with Crippen LogP contribution >= 0.6 is 0 Å². The summed E-state index contributed by atoms with van der Waals surface area (Å²) in [6, 6.07) is 0. The molecule has 0 amide bonds. The number of nitrogens with zero attached hydrogens (tertiary/aromatic N) is 2. The number of aliphatic carboxylic acids is 1. The maximum Gasteiger partial charge on any atom is 0.309 e. The molecule has 0 aliphatic carbocycles. The van der Waals surface area contributed by atoms with Gasteiger partial charge in [-0.25, -0.2) is 0 Å². The van der Waals surface area contributed by atoms with Gasteiger partial charge in [0.25, 0.3) is 0 Å². The molecular weight excluding hydrogens is 216 g/mol. The molecule has 1 N–H and O–H groups in total. The molecule has 0 saturated heterocycles. The van der Waals surface area contributed by atoms with Crippen LogP contribution in [-0.2, 0) is 29.6 Å². The molecule has 1 aromatic heterocycles. The lowest BCUT2D eigenvalue weighted by Gasteiger charge is -2.23. The fourth-order valence-electron chi connectivity index (χ4n) is 2.68. The summed E-state index contributed by atoms with van der Waals surface area (Å²) in [5, 5.41) is 13.5.